The van der Waals surface area contributed by atoms with E-state index in [1.807, 2.05) is 0 Å². The van der Waals surface area contributed by atoms with E-state index in [1.54, 1.807) is 12.1 Å². The molecule has 2 fully saturated rings. The lowest BCUT2D eigenvalue weighted by molar-refractivity contribution is 0.398. The Morgan fingerprint density at radius 1 is 1.24 bits per heavy atom. The Balaban J connectivity index is 1.53. The van der Waals surface area contributed by atoms with Crippen molar-refractivity contribution in [1.29, 1.82) is 0 Å². The largest absolute Gasteiger partial charge is 0.508 e. The van der Waals surface area contributed by atoms with Gasteiger partial charge in [0.2, 0.25) is 0 Å². The van der Waals surface area contributed by atoms with Crippen LogP contribution in [0.4, 0.5) is 0 Å². The van der Waals surface area contributed by atoms with Gasteiger partial charge in [0, 0.05) is 24.7 Å². The van der Waals surface area contributed by atoms with Crippen molar-refractivity contribution in [3.05, 3.63) is 23.8 Å². The zero-order valence-corrected chi connectivity index (χ0v) is 9.95. The summed E-state index contributed by atoms with van der Waals surface area (Å²) in [6, 6.07) is 4.78. The SMILES string of the molecule is Oc1ccc(CNCC2(C3CC3)CC2)c(O)c1. The van der Waals surface area contributed by atoms with Crippen LogP contribution in [0, 0.1) is 11.3 Å². The first-order valence-corrected chi connectivity index (χ1v) is 6.41. The van der Waals surface area contributed by atoms with Crippen molar-refractivity contribution in [2.24, 2.45) is 11.3 Å². The van der Waals surface area contributed by atoms with E-state index in [9.17, 15) is 10.2 Å². The van der Waals surface area contributed by atoms with Gasteiger partial charge >= 0.3 is 0 Å². The number of hydrogen-bond acceptors (Lipinski definition) is 3. The van der Waals surface area contributed by atoms with E-state index in [-0.39, 0.29) is 11.5 Å². The van der Waals surface area contributed by atoms with Gasteiger partial charge in [-0.15, -0.1) is 0 Å². The van der Waals surface area contributed by atoms with E-state index < -0.39 is 0 Å². The van der Waals surface area contributed by atoms with Crippen molar-refractivity contribution in [3.8, 4) is 11.5 Å². The maximum absolute atomic E-state index is 9.66. The predicted molar refractivity (Wildman–Crippen MR) is 65.9 cm³/mol. The molecule has 2 saturated carbocycles. The third-order valence-corrected chi connectivity index (χ3v) is 4.20. The number of benzene rings is 1. The number of hydrogen-bond donors (Lipinski definition) is 3. The molecule has 2 aliphatic carbocycles. The highest BCUT2D eigenvalue weighted by Crippen LogP contribution is 2.60. The molecule has 17 heavy (non-hydrogen) atoms. The molecule has 1 aromatic carbocycles. The lowest BCUT2D eigenvalue weighted by Crippen LogP contribution is -2.25. The Hall–Kier alpha value is -1.22. The molecular weight excluding hydrogens is 214 g/mol. The Bertz CT molecular complexity index is 422. The van der Waals surface area contributed by atoms with Crippen molar-refractivity contribution < 1.29 is 10.2 Å². The van der Waals surface area contributed by atoms with Gasteiger partial charge in [0.15, 0.2) is 0 Å². The van der Waals surface area contributed by atoms with Crippen molar-refractivity contribution in [2.75, 3.05) is 6.54 Å². The molecule has 0 radical (unpaired) electrons. The number of phenolic OH excluding ortho intramolecular Hbond substituents is 2. The lowest BCUT2D eigenvalue weighted by Gasteiger charge is -2.15. The van der Waals surface area contributed by atoms with Crippen LogP contribution in [0.1, 0.15) is 31.2 Å². The van der Waals surface area contributed by atoms with Gasteiger partial charge in [-0.05, 0) is 43.1 Å². The van der Waals surface area contributed by atoms with Crippen LogP contribution >= 0.6 is 0 Å². The van der Waals surface area contributed by atoms with Gasteiger partial charge in [0.25, 0.3) is 0 Å². The van der Waals surface area contributed by atoms with Gasteiger partial charge < -0.3 is 15.5 Å². The fraction of sp³-hybridized carbons (Fsp3) is 0.571. The minimum atomic E-state index is 0.114. The summed E-state index contributed by atoms with van der Waals surface area (Å²) in [6.07, 6.45) is 5.55. The third-order valence-electron chi connectivity index (χ3n) is 4.20. The van der Waals surface area contributed by atoms with Crippen LogP contribution in [0.2, 0.25) is 0 Å². The molecule has 92 valence electrons. The third kappa shape index (κ3) is 2.25. The molecule has 2 aliphatic rings. The average Bonchev–Trinajstić information content (AvgIpc) is 3.14. The maximum Gasteiger partial charge on any atom is 0.123 e. The molecule has 0 heterocycles. The van der Waals surface area contributed by atoms with Crippen molar-refractivity contribution >= 4 is 0 Å². The van der Waals surface area contributed by atoms with Crippen LogP contribution in [0.5, 0.6) is 11.5 Å². The molecule has 0 unspecified atom stereocenters. The quantitative estimate of drug-likeness (QED) is 0.732. The molecule has 3 N–H and O–H groups in total. The molecular formula is C14H19NO2. The maximum atomic E-state index is 9.66. The second-order valence-corrected chi connectivity index (χ2v) is 5.55. The number of phenols is 2. The smallest absolute Gasteiger partial charge is 0.123 e. The Morgan fingerprint density at radius 2 is 2.00 bits per heavy atom. The number of rotatable bonds is 5. The summed E-state index contributed by atoms with van der Waals surface area (Å²) < 4.78 is 0. The number of nitrogens with one attached hydrogen (secondary N) is 1. The standard InChI is InChI=1S/C14H19NO2/c16-12-4-1-10(13(17)7-12)8-15-9-14(5-6-14)11-2-3-11/h1,4,7,11,15-17H,2-3,5-6,8-9H2. The van der Waals surface area contributed by atoms with E-state index in [0.29, 0.717) is 12.0 Å². The zero-order valence-electron chi connectivity index (χ0n) is 9.95. The van der Waals surface area contributed by atoms with Gasteiger partial charge in [0.1, 0.15) is 11.5 Å². The summed E-state index contributed by atoms with van der Waals surface area (Å²) in [5.41, 5.74) is 1.45. The van der Waals surface area contributed by atoms with Crippen LogP contribution in [0.3, 0.4) is 0 Å². The molecule has 0 aromatic heterocycles. The van der Waals surface area contributed by atoms with Gasteiger partial charge in [0.05, 0.1) is 0 Å². The average molecular weight is 233 g/mol. The number of aromatic hydroxyl groups is 2. The van der Waals surface area contributed by atoms with Crippen LogP contribution in [0.25, 0.3) is 0 Å². The summed E-state index contributed by atoms with van der Waals surface area (Å²) >= 11 is 0. The summed E-state index contributed by atoms with van der Waals surface area (Å²) in [6.45, 7) is 1.75. The predicted octanol–water partition coefficient (Wildman–Crippen LogP) is 2.38. The highest BCUT2D eigenvalue weighted by atomic mass is 16.3. The van der Waals surface area contributed by atoms with E-state index in [0.717, 1.165) is 18.0 Å². The topological polar surface area (TPSA) is 52.5 Å². The lowest BCUT2D eigenvalue weighted by atomic mass is 10.0. The summed E-state index contributed by atoms with van der Waals surface area (Å²) in [4.78, 5) is 0. The van der Waals surface area contributed by atoms with E-state index >= 15 is 0 Å². The van der Waals surface area contributed by atoms with Crippen LogP contribution < -0.4 is 5.32 Å². The summed E-state index contributed by atoms with van der Waals surface area (Å²) in [7, 11) is 0. The van der Waals surface area contributed by atoms with Crippen LogP contribution in [0.15, 0.2) is 18.2 Å². The summed E-state index contributed by atoms with van der Waals surface area (Å²) in [5.74, 6) is 1.25. The first-order valence-electron chi connectivity index (χ1n) is 6.41. The van der Waals surface area contributed by atoms with Crippen molar-refractivity contribution in [1.82, 2.24) is 5.32 Å². The second-order valence-electron chi connectivity index (χ2n) is 5.55. The first kappa shape index (κ1) is 10.9. The fourth-order valence-electron chi connectivity index (χ4n) is 2.73. The molecule has 3 nitrogen and oxygen atoms in total. The van der Waals surface area contributed by atoms with Gasteiger partial charge in [-0.25, -0.2) is 0 Å². The molecule has 1 aromatic rings. The van der Waals surface area contributed by atoms with Crippen LogP contribution in [-0.4, -0.2) is 16.8 Å². The fourth-order valence-corrected chi connectivity index (χ4v) is 2.73. The Labute approximate surface area is 101 Å². The molecule has 3 rings (SSSR count). The minimum absolute atomic E-state index is 0.114. The second kappa shape index (κ2) is 3.91. The summed E-state index contributed by atoms with van der Waals surface area (Å²) in [5, 5.41) is 22.3. The van der Waals surface area contributed by atoms with Crippen molar-refractivity contribution in [3.63, 3.8) is 0 Å². The van der Waals surface area contributed by atoms with E-state index in [1.165, 1.54) is 31.7 Å². The minimum Gasteiger partial charge on any atom is -0.508 e. The first-order chi connectivity index (χ1) is 8.20. The normalized spacial score (nSPS) is 21.4. The van der Waals surface area contributed by atoms with E-state index in [4.69, 9.17) is 0 Å². The van der Waals surface area contributed by atoms with E-state index in [2.05, 4.69) is 5.32 Å². The highest BCUT2D eigenvalue weighted by Gasteiger charge is 2.53. The monoisotopic (exact) mass is 233 g/mol. The van der Waals surface area contributed by atoms with Crippen molar-refractivity contribution in [2.45, 2.75) is 32.2 Å². The van der Waals surface area contributed by atoms with Gasteiger partial charge in [-0.2, -0.15) is 0 Å². The Kier molecular flexibility index (Phi) is 2.51. The Morgan fingerprint density at radius 3 is 2.59 bits per heavy atom. The molecule has 3 heteroatoms. The molecule has 0 saturated heterocycles. The molecule has 0 aliphatic heterocycles. The molecule has 0 spiro atoms. The van der Waals surface area contributed by atoms with Crippen LogP contribution in [-0.2, 0) is 6.54 Å². The highest BCUT2D eigenvalue weighted by molar-refractivity contribution is 5.38. The molecule has 0 amide bonds. The molecule has 0 atom stereocenters. The van der Waals surface area contributed by atoms with Gasteiger partial charge in [-0.1, -0.05) is 6.07 Å². The van der Waals surface area contributed by atoms with Gasteiger partial charge in [-0.3, -0.25) is 0 Å². The zero-order chi connectivity index (χ0) is 11.9. The molecule has 0 bridgehead atoms.